The number of nitrogens with two attached hydrogens (primary N) is 1. The number of unbranched alkanes of at least 4 members (excludes halogenated alkanes) is 1. The van der Waals surface area contributed by atoms with Gasteiger partial charge in [0, 0.05) is 6.61 Å². The summed E-state index contributed by atoms with van der Waals surface area (Å²) in [5, 5.41) is 0. The van der Waals surface area contributed by atoms with Gasteiger partial charge in [0.25, 0.3) is 0 Å². The van der Waals surface area contributed by atoms with Crippen molar-refractivity contribution in [2.45, 2.75) is 58.1 Å². The first kappa shape index (κ1) is 18.4. The second-order valence-corrected chi connectivity index (χ2v) is 5.94. The minimum atomic E-state index is -0.899. The summed E-state index contributed by atoms with van der Waals surface area (Å²) in [6.07, 6.45) is 2.31. The third kappa shape index (κ3) is 9.87. The van der Waals surface area contributed by atoms with Crippen molar-refractivity contribution in [1.29, 1.82) is 0 Å². The Morgan fingerprint density at radius 2 is 1.68 bits per heavy atom. The highest BCUT2D eigenvalue weighted by molar-refractivity contribution is 5.79. The van der Waals surface area contributed by atoms with Crippen LogP contribution in [0.4, 0.5) is 0 Å². The summed E-state index contributed by atoms with van der Waals surface area (Å²) >= 11 is 0. The van der Waals surface area contributed by atoms with Crippen LogP contribution < -0.4 is 5.73 Å². The van der Waals surface area contributed by atoms with E-state index in [9.17, 15) is 4.79 Å². The van der Waals surface area contributed by atoms with Crippen molar-refractivity contribution >= 4 is 5.97 Å². The molecule has 0 aliphatic heterocycles. The van der Waals surface area contributed by atoms with Crippen molar-refractivity contribution in [2.24, 2.45) is 5.73 Å². The fraction of sp³-hybridized carbons (Fsp3) is 0.929. The highest BCUT2D eigenvalue weighted by Gasteiger charge is 2.28. The van der Waals surface area contributed by atoms with Gasteiger partial charge in [-0.05, 0) is 47.0 Å². The highest BCUT2D eigenvalue weighted by Crippen LogP contribution is 2.12. The Morgan fingerprint density at radius 3 is 2.21 bits per heavy atom. The molecule has 0 aliphatic rings. The predicted molar refractivity (Wildman–Crippen MR) is 75.0 cm³/mol. The molecule has 0 aromatic rings. The van der Waals surface area contributed by atoms with E-state index < -0.39 is 5.54 Å². The van der Waals surface area contributed by atoms with E-state index in [-0.39, 0.29) is 11.6 Å². The fourth-order valence-corrected chi connectivity index (χ4v) is 1.54. The Labute approximate surface area is 116 Å². The largest absolute Gasteiger partial charge is 0.468 e. The second-order valence-electron chi connectivity index (χ2n) is 5.94. The third-order valence-electron chi connectivity index (χ3n) is 2.65. The minimum Gasteiger partial charge on any atom is -0.468 e. The zero-order chi connectivity index (χ0) is 14.9. The first-order valence-corrected chi connectivity index (χ1v) is 6.78. The molecular weight excluding hydrogens is 246 g/mol. The number of hydrogen-bond acceptors (Lipinski definition) is 5. The molecule has 2 N–H and O–H groups in total. The Bertz CT molecular complexity index is 259. The SMILES string of the molecule is COC(=O)C(C)(N)CCCCOCCOC(C)(C)C. The first-order chi connectivity index (χ1) is 8.69. The van der Waals surface area contributed by atoms with E-state index in [1.165, 1.54) is 7.11 Å². The molecule has 0 rings (SSSR count). The van der Waals surface area contributed by atoms with Crippen molar-refractivity contribution < 1.29 is 19.0 Å². The monoisotopic (exact) mass is 275 g/mol. The van der Waals surface area contributed by atoms with Gasteiger partial charge in [0.2, 0.25) is 0 Å². The van der Waals surface area contributed by atoms with Gasteiger partial charge in [-0.25, -0.2) is 0 Å². The van der Waals surface area contributed by atoms with Crippen LogP contribution in [-0.2, 0) is 19.0 Å². The zero-order valence-corrected chi connectivity index (χ0v) is 13.0. The molecule has 0 aromatic heterocycles. The molecule has 19 heavy (non-hydrogen) atoms. The highest BCUT2D eigenvalue weighted by atomic mass is 16.5. The molecule has 0 bridgehead atoms. The van der Waals surface area contributed by atoms with E-state index in [2.05, 4.69) is 4.74 Å². The van der Waals surface area contributed by atoms with Gasteiger partial charge in [-0.15, -0.1) is 0 Å². The lowest BCUT2D eigenvalue weighted by Gasteiger charge is -2.21. The molecule has 0 saturated carbocycles. The van der Waals surface area contributed by atoms with E-state index in [4.69, 9.17) is 15.2 Å². The maximum Gasteiger partial charge on any atom is 0.325 e. The maximum absolute atomic E-state index is 11.3. The van der Waals surface area contributed by atoms with Crippen molar-refractivity contribution in [1.82, 2.24) is 0 Å². The molecule has 0 heterocycles. The number of ether oxygens (including phenoxy) is 3. The van der Waals surface area contributed by atoms with E-state index in [0.29, 0.717) is 26.2 Å². The van der Waals surface area contributed by atoms with Crippen LogP contribution in [0, 0.1) is 0 Å². The normalized spacial score (nSPS) is 15.1. The van der Waals surface area contributed by atoms with E-state index in [1.54, 1.807) is 6.92 Å². The summed E-state index contributed by atoms with van der Waals surface area (Å²) in [4.78, 5) is 11.3. The molecular formula is C14H29NO4. The Kier molecular flexibility index (Phi) is 8.22. The molecule has 1 unspecified atom stereocenters. The van der Waals surface area contributed by atoms with Crippen LogP contribution in [0.15, 0.2) is 0 Å². The molecule has 0 spiro atoms. The second kappa shape index (κ2) is 8.51. The smallest absolute Gasteiger partial charge is 0.325 e. The third-order valence-corrected chi connectivity index (χ3v) is 2.65. The standard InChI is InChI=1S/C14H29NO4/c1-13(2,3)19-11-10-18-9-7-6-8-14(4,15)12(16)17-5/h6-11,15H2,1-5H3. The van der Waals surface area contributed by atoms with Crippen LogP contribution in [0.5, 0.6) is 0 Å². The first-order valence-electron chi connectivity index (χ1n) is 6.78. The van der Waals surface area contributed by atoms with Gasteiger partial charge < -0.3 is 19.9 Å². The van der Waals surface area contributed by atoms with Gasteiger partial charge in [0.15, 0.2) is 0 Å². The topological polar surface area (TPSA) is 70.8 Å². The van der Waals surface area contributed by atoms with Gasteiger partial charge in [0.05, 0.1) is 25.9 Å². The number of methoxy groups -OCH3 is 1. The molecule has 1 atom stereocenters. The van der Waals surface area contributed by atoms with Crippen molar-refractivity contribution in [3.63, 3.8) is 0 Å². The lowest BCUT2D eigenvalue weighted by Crippen LogP contribution is -2.45. The van der Waals surface area contributed by atoms with Crippen LogP contribution in [0.25, 0.3) is 0 Å². The van der Waals surface area contributed by atoms with E-state index in [1.807, 2.05) is 20.8 Å². The van der Waals surface area contributed by atoms with Crippen LogP contribution >= 0.6 is 0 Å². The number of rotatable bonds is 9. The van der Waals surface area contributed by atoms with Gasteiger partial charge in [-0.2, -0.15) is 0 Å². The number of carbonyl (C=O) groups is 1. The minimum absolute atomic E-state index is 0.120. The number of esters is 1. The van der Waals surface area contributed by atoms with Gasteiger partial charge >= 0.3 is 5.97 Å². The van der Waals surface area contributed by atoms with Crippen LogP contribution in [0.2, 0.25) is 0 Å². The van der Waals surface area contributed by atoms with Crippen LogP contribution in [-0.4, -0.2) is 44.0 Å². The molecule has 114 valence electrons. The maximum atomic E-state index is 11.3. The summed E-state index contributed by atoms with van der Waals surface area (Å²) in [6, 6.07) is 0. The molecule has 0 aliphatic carbocycles. The summed E-state index contributed by atoms with van der Waals surface area (Å²) in [5.41, 5.74) is 4.83. The Hall–Kier alpha value is -0.650. The van der Waals surface area contributed by atoms with Crippen LogP contribution in [0.1, 0.15) is 47.0 Å². The molecule has 5 nitrogen and oxygen atoms in total. The summed E-state index contributed by atoms with van der Waals surface area (Å²) in [5.74, 6) is -0.369. The van der Waals surface area contributed by atoms with Gasteiger partial charge in [0.1, 0.15) is 5.54 Å². The quantitative estimate of drug-likeness (QED) is 0.514. The summed E-state index contributed by atoms with van der Waals surface area (Å²) < 4.78 is 15.6. The van der Waals surface area contributed by atoms with Gasteiger partial charge in [-0.1, -0.05) is 0 Å². The molecule has 0 amide bonds. The van der Waals surface area contributed by atoms with E-state index in [0.717, 1.165) is 12.8 Å². The molecule has 0 radical (unpaired) electrons. The zero-order valence-electron chi connectivity index (χ0n) is 13.0. The average molecular weight is 275 g/mol. The molecule has 5 heteroatoms. The average Bonchev–Trinajstić information content (AvgIpc) is 2.30. The Balaban J connectivity index is 3.48. The van der Waals surface area contributed by atoms with Crippen molar-refractivity contribution in [3.05, 3.63) is 0 Å². The lowest BCUT2D eigenvalue weighted by molar-refractivity contribution is -0.146. The molecule has 0 aromatic carbocycles. The number of hydrogen-bond donors (Lipinski definition) is 1. The fourth-order valence-electron chi connectivity index (χ4n) is 1.54. The van der Waals surface area contributed by atoms with Gasteiger partial charge in [-0.3, -0.25) is 4.79 Å². The summed E-state index contributed by atoms with van der Waals surface area (Å²) in [6.45, 7) is 9.59. The van der Waals surface area contributed by atoms with Crippen molar-refractivity contribution in [2.75, 3.05) is 26.9 Å². The van der Waals surface area contributed by atoms with Crippen LogP contribution in [0.3, 0.4) is 0 Å². The Morgan fingerprint density at radius 1 is 1.05 bits per heavy atom. The van der Waals surface area contributed by atoms with Crippen molar-refractivity contribution in [3.8, 4) is 0 Å². The molecule has 0 fully saturated rings. The van der Waals surface area contributed by atoms with E-state index >= 15 is 0 Å². The lowest BCUT2D eigenvalue weighted by atomic mass is 9.96. The molecule has 0 saturated heterocycles. The number of carbonyl (C=O) groups excluding carboxylic acids is 1. The summed E-state index contributed by atoms with van der Waals surface area (Å²) in [7, 11) is 1.35. The predicted octanol–water partition coefficient (Wildman–Crippen LogP) is 1.88.